The first-order chi connectivity index (χ1) is 7.68. The molecule has 1 heterocycles. The highest BCUT2D eigenvalue weighted by molar-refractivity contribution is 9.11. The average Bonchev–Trinajstić information content (AvgIpc) is 2.69. The van der Waals surface area contributed by atoms with Crippen molar-refractivity contribution in [3.8, 4) is 5.75 Å². The Kier molecular flexibility index (Phi) is 3.29. The van der Waals surface area contributed by atoms with Gasteiger partial charge in [-0.05, 0) is 6.07 Å². The van der Waals surface area contributed by atoms with Crippen LogP contribution in [0.3, 0.4) is 0 Å². The van der Waals surface area contributed by atoms with Crippen LogP contribution < -0.4 is 10.1 Å². The number of ether oxygens (including phenoxy) is 1. The van der Waals surface area contributed by atoms with Crippen molar-refractivity contribution < 1.29 is 9.53 Å². The molecule has 3 nitrogen and oxygen atoms in total. The molecule has 84 valence electrons. The van der Waals surface area contributed by atoms with Crippen molar-refractivity contribution in [1.29, 1.82) is 0 Å². The summed E-state index contributed by atoms with van der Waals surface area (Å²) >= 11 is 3.20. The molecule has 0 aliphatic carbocycles. The van der Waals surface area contributed by atoms with Crippen LogP contribution in [0.15, 0.2) is 35.3 Å². The van der Waals surface area contributed by atoms with Crippen LogP contribution in [0, 0.1) is 0 Å². The Morgan fingerprint density at radius 1 is 1.56 bits per heavy atom. The van der Waals surface area contributed by atoms with Crippen molar-refractivity contribution in [2.75, 3.05) is 13.2 Å². The highest BCUT2D eigenvalue weighted by atomic mass is 79.9. The number of hydrogen-bond acceptors (Lipinski definition) is 2. The molecule has 1 aromatic carbocycles. The van der Waals surface area contributed by atoms with Gasteiger partial charge in [0.25, 0.3) is 0 Å². The molecule has 1 unspecified atom stereocenters. The molecule has 0 saturated heterocycles. The van der Waals surface area contributed by atoms with E-state index in [0.29, 0.717) is 13.2 Å². The Morgan fingerprint density at radius 2 is 2.31 bits per heavy atom. The third-order valence-electron chi connectivity index (χ3n) is 2.47. The van der Waals surface area contributed by atoms with Crippen molar-refractivity contribution in [3.05, 3.63) is 40.9 Å². The number of rotatable bonds is 3. The smallest absolute Gasteiger partial charge is 0.231 e. The van der Waals surface area contributed by atoms with Gasteiger partial charge in [0.1, 0.15) is 18.3 Å². The number of amides is 1. The lowest BCUT2D eigenvalue weighted by Crippen LogP contribution is -2.30. The van der Waals surface area contributed by atoms with Gasteiger partial charge in [-0.3, -0.25) is 4.79 Å². The van der Waals surface area contributed by atoms with E-state index in [1.54, 1.807) is 0 Å². The molecule has 0 aromatic heterocycles. The summed E-state index contributed by atoms with van der Waals surface area (Å²) in [5, 5.41) is 2.80. The maximum Gasteiger partial charge on any atom is 0.231 e. The molecule has 0 saturated carbocycles. The van der Waals surface area contributed by atoms with Crippen molar-refractivity contribution in [1.82, 2.24) is 5.32 Å². The molecule has 0 radical (unpaired) electrons. The van der Waals surface area contributed by atoms with Gasteiger partial charge in [0.2, 0.25) is 5.91 Å². The highest BCUT2D eigenvalue weighted by Crippen LogP contribution is 2.33. The third kappa shape index (κ3) is 2.27. The zero-order valence-corrected chi connectivity index (χ0v) is 10.3. The zero-order valence-electron chi connectivity index (χ0n) is 8.70. The number of carbonyl (C=O) groups excluding carboxylic acids is 1. The van der Waals surface area contributed by atoms with E-state index in [-0.39, 0.29) is 11.8 Å². The molecule has 0 bridgehead atoms. The predicted molar refractivity (Wildman–Crippen MR) is 65.8 cm³/mol. The van der Waals surface area contributed by atoms with Gasteiger partial charge < -0.3 is 10.1 Å². The van der Waals surface area contributed by atoms with Crippen molar-refractivity contribution in [2.45, 2.75) is 5.92 Å². The second-order valence-electron chi connectivity index (χ2n) is 3.64. The van der Waals surface area contributed by atoms with Gasteiger partial charge in [-0.1, -0.05) is 40.7 Å². The van der Waals surface area contributed by atoms with Gasteiger partial charge in [0.05, 0.1) is 0 Å². The number of nitrogens with one attached hydrogen (secondary N) is 1. The predicted octanol–water partition coefficient (Wildman–Crippen LogP) is 2.19. The topological polar surface area (TPSA) is 38.3 Å². The summed E-state index contributed by atoms with van der Waals surface area (Å²) in [4.78, 5) is 11.9. The lowest BCUT2D eigenvalue weighted by molar-refractivity contribution is -0.122. The van der Waals surface area contributed by atoms with Crippen molar-refractivity contribution in [2.24, 2.45) is 0 Å². The molecule has 0 spiro atoms. The second kappa shape index (κ2) is 4.70. The summed E-state index contributed by atoms with van der Waals surface area (Å²) < 4.78 is 6.20. The van der Waals surface area contributed by atoms with E-state index in [0.717, 1.165) is 15.8 Å². The Labute approximate surface area is 103 Å². The molecule has 1 atom stereocenters. The van der Waals surface area contributed by atoms with Crippen LogP contribution in [0.1, 0.15) is 11.5 Å². The van der Waals surface area contributed by atoms with E-state index >= 15 is 0 Å². The average molecular weight is 282 g/mol. The number of para-hydroxylation sites is 1. The maximum absolute atomic E-state index is 11.9. The minimum atomic E-state index is -0.206. The minimum Gasteiger partial charge on any atom is -0.492 e. The molecule has 1 aromatic rings. The van der Waals surface area contributed by atoms with Crippen LogP contribution in [0.4, 0.5) is 0 Å². The van der Waals surface area contributed by atoms with Crippen LogP contribution in [0.5, 0.6) is 5.75 Å². The first kappa shape index (κ1) is 11.2. The molecule has 16 heavy (non-hydrogen) atoms. The molecule has 2 rings (SSSR count). The Morgan fingerprint density at radius 3 is 3.06 bits per heavy atom. The summed E-state index contributed by atoms with van der Waals surface area (Å²) in [6.07, 6.45) is 0. The molecule has 1 amide bonds. The first-order valence-corrected chi connectivity index (χ1v) is 5.80. The molecule has 1 aliphatic heterocycles. The van der Waals surface area contributed by atoms with Crippen LogP contribution in [0.2, 0.25) is 0 Å². The first-order valence-electron chi connectivity index (χ1n) is 5.01. The quantitative estimate of drug-likeness (QED) is 0.922. The number of hydrogen-bond donors (Lipinski definition) is 1. The van der Waals surface area contributed by atoms with Crippen LogP contribution in [0.25, 0.3) is 0 Å². The SMILES string of the molecule is C=C(Br)CNC(=O)C1COc2ccccc21. The van der Waals surface area contributed by atoms with Crippen molar-refractivity contribution in [3.63, 3.8) is 0 Å². The third-order valence-corrected chi connectivity index (χ3v) is 2.75. The molecule has 4 heteroatoms. The van der Waals surface area contributed by atoms with Gasteiger partial charge in [-0.2, -0.15) is 0 Å². The minimum absolute atomic E-state index is 0.0226. The summed E-state index contributed by atoms with van der Waals surface area (Å²) in [6, 6.07) is 7.62. The van der Waals surface area contributed by atoms with E-state index < -0.39 is 0 Å². The Hall–Kier alpha value is -1.29. The summed E-state index contributed by atoms with van der Waals surface area (Å²) in [7, 11) is 0. The van der Waals surface area contributed by atoms with Gasteiger partial charge >= 0.3 is 0 Å². The van der Waals surface area contributed by atoms with Gasteiger partial charge in [0.15, 0.2) is 0 Å². The molecule has 1 aliphatic rings. The Bertz CT molecular complexity index is 431. The largest absolute Gasteiger partial charge is 0.492 e. The molecule has 0 fully saturated rings. The van der Waals surface area contributed by atoms with E-state index in [1.165, 1.54) is 0 Å². The second-order valence-corrected chi connectivity index (χ2v) is 4.76. The number of halogens is 1. The van der Waals surface area contributed by atoms with Gasteiger partial charge in [-0.25, -0.2) is 0 Å². The van der Waals surface area contributed by atoms with E-state index in [2.05, 4.69) is 27.8 Å². The van der Waals surface area contributed by atoms with E-state index in [1.807, 2.05) is 24.3 Å². The number of benzene rings is 1. The van der Waals surface area contributed by atoms with E-state index in [9.17, 15) is 4.79 Å². The normalized spacial score (nSPS) is 17.4. The molecular weight excluding hydrogens is 270 g/mol. The lowest BCUT2D eigenvalue weighted by Gasteiger charge is -2.09. The number of carbonyl (C=O) groups is 1. The van der Waals surface area contributed by atoms with Crippen LogP contribution in [-0.2, 0) is 4.79 Å². The van der Waals surface area contributed by atoms with E-state index in [4.69, 9.17) is 4.74 Å². The lowest BCUT2D eigenvalue weighted by atomic mass is 10.0. The fourth-order valence-electron chi connectivity index (χ4n) is 1.69. The van der Waals surface area contributed by atoms with Crippen LogP contribution >= 0.6 is 15.9 Å². The standard InChI is InChI=1S/C12H12BrNO2/c1-8(13)6-14-12(15)10-7-16-11-5-3-2-4-9(10)11/h2-5,10H,1,6-7H2,(H,14,15). The van der Waals surface area contributed by atoms with Gasteiger partial charge in [0, 0.05) is 16.6 Å². The summed E-state index contributed by atoms with van der Waals surface area (Å²) in [5.74, 6) is 0.578. The number of fused-ring (bicyclic) bond motifs is 1. The van der Waals surface area contributed by atoms with Crippen LogP contribution in [-0.4, -0.2) is 19.1 Å². The Balaban J connectivity index is 2.07. The highest BCUT2D eigenvalue weighted by Gasteiger charge is 2.29. The van der Waals surface area contributed by atoms with Crippen molar-refractivity contribution >= 4 is 21.8 Å². The fraction of sp³-hybridized carbons (Fsp3) is 0.250. The monoisotopic (exact) mass is 281 g/mol. The molecular formula is C12H12BrNO2. The summed E-state index contributed by atoms with van der Waals surface area (Å²) in [6.45, 7) is 4.53. The zero-order chi connectivity index (χ0) is 11.5. The van der Waals surface area contributed by atoms with Gasteiger partial charge in [-0.15, -0.1) is 0 Å². The molecule has 1 N–H and O–H groups in total. The maximum atomic E-state index is 11.9. The fourth-order valence-corrected chi connectivity index (χ4v) is 1.83. The summed E-state index contributed by atoms with van der Waals surface area (Å²) in [5.41, 5.74) is 0.959.